The minimum atomic E-state index is -1.37. The van der Waals surface area contributed by atoms with Gasteiger partial charge >= 0.3 is 43.3 Å². The van der Waals surface area contributed by atoms with Gasteiger partial charge in [0.15, 0.2) is 57.5 Å². The fourth-order valence-corrected chi connectivity index (χ4v) is 21.5. The van der Waals surface area contributed by atoms with Crippen LogP contribution in [-0.2, 0) is 38.1 Å². The summed E-state index contributed by atoms with van der Waals surface area (Å²) in [4.78, 5) is 106. The summed E-state index contributed by atoms with van der Waals surface area (Å²) in [7, 11) is 4.34. The number of carbonyl (C=O) groups excluding carboxylic acids is 3. The summed E-state index contributed by atoms with van der Waals surface area (Å²) in [5.41, 5.74) is 10.0. The minimum Gasteiger partial charge on any atom is -0.481 e. The van der Waals surface area contributed by atoms with Gasteiger partial charge in [0.1, 0.15) is 49.4 Å². The molecule has 15 saturated carbocycles. The molecule has 1 radical (unpaired) electrons. The number of halogens is 12. The highest BCUT2D eigenvalue weighted by Gasteiger charge is 2.53. The first-order valence-electron chi connectivity index (χ1n) is 43.2. The fraction of sp³-hybridized carbons (Fsp3) is 0.539. The Labute approximate surface area is 787 Å². The van der Waals surface area contributed by atoms with Gasteiger partial charge in [-0.2, -0.15) is 10.5 Å². The van der Waals surface area contributed by atoms with E-state index in [2.05, 4.69) is 56.2 Å². The molecule has 709 valence electrons. The van der Waals surface area contributed by atoms with Crippen LogP contribution in [0.2, 0.25) is 30.9 Å². The van der Waals surface area contributed by atoms with Crippen LogP contribution in [0.3, 0.4) is 0 Å². The van der Waals surface area contributed by atoms with Crippen LogP contribution >= 0.6 is 69.6 Å². The molecule has 0 saturated heterocycles. The van der Waals surface area contributed by atoms with Gasteiger partial charge in [0.05, 0.1) is 83.5 Å². The molecule has 0 unspecified atom stereocenters. The molecule has 10 atom stereocenters. The number of nitriles is 2. The highest BCUT2D eigenvalue weighted by molar-refractivity contribution is 6.51. The van der Waals surface area contributed by atoms with Gasteiger partial charge in [0.25, 0.3) is 5.91 Å². The zero-order valence-electron chi connectivity index (χ0n) is 72.5. The number of methoxy groups -OCH3 is 2. The van der Waals surface area contributed by atoms with Crippen LogP contribution in [-0.4, -0.2) is 165 Å². The zero-order chi connectivity index (χ0) is 96.4. The first-order valence-corrected chi connectivity index (χ1v) is 45.5. The number of aromatic nitrogens is 7. The molecule has 15 aliphatic carbocycles. The van der Waals surface area contributed by atoms with Crippen molar-refractivity contribution in [3.05, 3.63) is 143 Å². The Bertz CT molecular complexity index is 5360. The monoisotopic (exact) mass is 1950 g/mol. The summed E-state index contributed by atoms with van der Waals surface area (Å²) < 4.78 is 97.3. The Kier molecular flexibility index (Phi) is 34.7. The summed E-state index contributed by atoms with van der Waals surface area (Å²) >= 11 is 34.0. The normalized spacial score (nSPS) is 27.0. The molecular weight excluding hydrogens is 1860 g/mol. The lowest BCUT2D eigenvalue weighted by atomic mass is 9.61. The summed E-state index contributed by atoms with van der Waals surface area (Å²) in [6.07, 6.45) is 22.6. The number of fused-ring (bicyclic) bond motifs is 16. The SMILES string of the molecule is CC(C)(O)C(C)(C)O[B]c1c[nH]c2ncc(F)cc12.COC(=O)[C@H]1C2CCC(CC2)[C@@H]1N.COC(=O)[C@H]1C2CCC(CC2)[C@@H]1Nc1nc(Cl)c(C#N)cc1F.N#Cc1cc(F)c(Cl)nc1Cl.NC(=O)c1cc(F)c(N[C@H]2C3CCC(CC3)[C@@H]2C(=O)O)nc1Cl.O=C(O)[C@H]1C2CCC(CC2)[C@@H]1Nc1nc(Cl)ccc1F.O=C(O)c1cc(F)c(N[C@H]2C3CCC(CC3)[C@@H]2C(=O)O)nc1Cl. The van der Waals surface area contributed by atoms with Crippen molar-refractivity contribution in [1.82, 2.24) is 34.9 Å². The predicted octanol–water partition coefficient (Wildman–Crippen LogP) is 16.3. The lowest BCUT2D eigenvalue weighted by molar-refractivity contribution is -0.153. The number of rotatable bonds is 19. The van der Waals surface area contributed by atoms with E-state index in [-0.39, 0.29) is 160 Å². The number of hydrogen-bond acceptors (Lipinski definition) is 24. The molecule has 30 nitrogen and oxygen atoms in total. The topological polar surface area (TPSA) is 489 Å². The number of primary amides is 1. The van der Waals surface area contributed by atoms with E-state index in [9.17, 15) is 80.3 Å². The summed E-state index contributed by atoms with van der Waals surface area (Å²) in [6, 6.07) is 9.97. The lowest BCUT2D eigenvalue weighted by Crippen LogP contribution is -2.52. The van der Waals surface area contributed by atoms with Crippen LogP contribution < -0.4 is 38.2 Å². The van der Waals surface area contributed by atoms with Gasteiger partial charge in [-0.05, 0) is 269 Å². The second kappa shape index (κ2) is 44.6. The fourth-order valence-electron chi connectivity index (χ4n) is 20.4. The number of aromatic amines is 1. The van der Waals surface area contributed by atoms with Crippen molar-refractivity contribution >= 4 is 159 Å². The van der Waals surface area contributed by atoms with Crippen LogP contribution in [0, 0.1) is 146 Å². The number of pyridine rings is 6. The third-order valence-electron chi connectivity index (χ3n) is 27.9. The Balaban J connectivity index is 0.000000150. The Morgan fingerprint density at radius 2 is 0.826 bits per heavy atom. The van der Waals surface area contributed by atoms with Gasteiger partial charge in [-0.15, -0.1) is 0 Å². The molecule has 15 aliphatic rings. The number of aliphatic hydroxyl groups is 1. The molecular formula is C89H101BCl6F6N15O15. The lowest BCUT2D eigenvalue weighted by Gasteiger charge is -2.47. The van der Waals surface area contributed by atoms with Gasteiger partial charge in [0.2, 0.25) is 0 Å². The average Bonchev–Trinajstić information content (AvgIpc) is 0.964. The number of carbonyl (C=O) groups is 7. The van der Waals surface area contributed by atoms with E-state index in [0.717, 1.165) is 146 Å². The second-order valence-electron chi connectivity index (χ2n) is 35.8. The third-order valence-corrected chi connectivity index (χ3v) is 29.5. The zero-order valence-corrected chi connectivity index (χ0v) is 77.1. The summed E-state index contributed by atoms with van der Waals surface area (Å²) in [6.45, 7) is 6.93. The molecule has 1 amide bonds. The van der Waals surface area contributed by atoms with E-state index in [1.165, 1.54) is 52.7 Å². The van der Waals surface area contributed by atoms with Crippen molar-refractivity contribution in [2.45, 2.75) is 198 Å². The molecule has 0 aromatic carbocycles. The molecule has 22 rings (SSSR count). The highest BCUT2D eigenvalue weighted by atomic mass is 35.5. The molecule has 15 fully saturated rings. The van der Waals surface area contributed by atoms with Crippen LogP contribution in [0.1, 0.15) is 188 Å². The second-order valence-corrected chi connectivity index (χ2v) is 38.0. The molecule has 14 N–H and O–H groups in total. The minimum absolute atomic E-state index is 0.00982. The predicted molar refractivity (Wildman–Crippen MR) is 478 cm³/mol. The molecule has 10 bridgehead atoms. The number of H-pyrrole nitrogens is 1. The van der Waals surface area contributed by atoms with Crippen molar-refractivity contribution < 1.29 is 99.6 Å². The molecule has 0 spiro atoms. The van der Waals surface area contributed by atoms with E-state index in [1.807, 2.05) is 0 Å². The van der Waals surface area contributed by atoms with E-state index < -0.39 is 111 Å². The maximum Gasteiger partial charge on any atom is 0.338 e. The number of amides is 1. The first kappa shape index (κ1) is 103. The van der Waals surface area contributed by atoms with Gasteiger partial charge < -0.3 is 77.4 Å². The number of nitrogens with one attached hydrogen (secondary N) is 5. The van der Waals surface area contributed by atoms with Crippen LogP contribution in [0.4, 0.5) is 49.6 Å². The van der Waals surface area contributed by atoms with Crippen molar-refractivity contribution in [2.24, 2.45) is 100 Å². The quantitative estimate of drug-likeness (QED) is 0.0155. The Morgan fingerprint density at radius 3 is 1.23 bits per heavy atom. The van der Waals surface area contributed by atoms with Gasteiger partial charge in [-0.3, -0.25) is 28.8 Å². The standard InChI is InChI=1S/C16H17ClFN3O2.C15H17ClFN3O3.C15H16ClFN2O4.C14H16ClFN2O2.C13H17BFN2O2.C10H17NO2.C6HCl2FN2/c1-23-16(22)12-8-2-4-9(5-3-8)13(12)20-15-11(18)6-10(7-19)14(17)21-15;16-12-8(13(18)21)5-9(17)14(20-12)19-11-7-3-1-6(2-4-7)10(11)15(22)23;16-12-8(14(20)21)5-9(17)13(19-12)18-11-7-3-1-6(2-4-7)10(11)15(22)23;15-10-6-5-9(16)13(17-10)18-12-8-3-1-7(2-4-8)11(12)14(19)20;1-12(2,18)13(3,4)19-14-10-7-17-11-9(10)5-8(15)6-16-11;1-13-10(12)8-6-2-4-7(5-3-6)9(8)11;7-5-3(2-10)1-4(9)6(8)11-5/h6,8-9,12-13H,2-5H2,1H3,(H,20,21);5-7,10-11H,1-4H2,(H2,18,21)(H,19,20)(H,22,23);5-7,10-11H,1-4H2,(H,18,19)(H,20,21)(H,22,23);5-8,11-12H,1-4H2,(H,17,18)(H,19,20);5-7,18H,1-4H3,(H,16,17);6-9H,2-5,11H2,1H3;1H/t8?,9?,12-,13-;2*6?,7?,10-,11-;7?,8?,11-,12-;;6?,7?,8-,9-;/m0000.0./s1. The molecule has 43 heteroatoms. The van der Waals surface area contributed by atoms with Crippen molar-refractivity contribution in [3.63, 3.8) is 0 Å². The molecule has 132 heavy (non-hydrogen) atoms. The number of ether oxygens (including phenoxy) is 2. The van der Waals surface area contributed by atoms with Gasteiger partial charge in [-0.25, -0.2) is 61.0 Å². The van der Waals surface area contributed by atoms with Gasteiger partial charge in [-0.1, -0.05) is 69.6 Å². The van der Waals surface area contributed by atoms with Crippen molar-refractivity contribution in [2.75, 3.05) is 35.5 Å². The number of aliphatic carboxylic acids is 3. The molecule has 7 heterocycles. The number of hydrogen-bond donors (Lipinski definition) is 12. The van der Waals surface area contributed by atoms with Gasteiger partial charge in [0, 0.05) is 35.6 Å². The molecule has 7 aromatic heterocycles. The Morgan fingerprint density at radius 1 is 0.470 bits per heavy atom. The third kappa shape index (κ3) is 24.1. The molecule has 0 aliphatic heterocycles. The van der Waals surface area contributed by atoms with E-state index in [0.29, 0.717) is 28.3 Å². The number of nitrogens with two attached hydrogens (primary N) is 2. The van der Waals surface area contributed by atoms with Crippen LogP contribution in [0.25, 0.3) is 11.0 Å². The smallest absolute Gasteiger partial charge is 0.338 e. The molecule has 7 aromatic rings. The number of carboxylic acids is 4. The van der Waals surface area contributed by atoms with Crippen molar-refractivity contribution in [3.8, 4) is 12.1 Å². The Hall–Kier alpha value is -9.83. The number of nitrogens with zero attached hydrogens (tertiary/aromatic N) is 8. The maximum absolute atomic E-state index is 14.2. The van der Waals surface area contributed by atoms with E-state index >= 15 is 0 Å². The summed E-state index contributed by atoms with van der Waals surface area (Å²) in [5.74, 6) is -8.82. The first-order chi connectivity index (χ1) is 62.5. The number of anilines is 4. The van der Waals surface area contributed by atoms with Crippen LogP contribution in [0.15, 0.2) is 54.9 Å². The summed E-state index contributed by atoms with van der Waals surface area (Å²) in [5, 5.41) is 76.3. The van der Waals surface area contributed by atoms with E-state index in [4.69, 9.17) is 111 Å². The number of carboxylic acid groups (broad SMARTS) is 4. The van der Waals surface area contributed by atoms with E-state index in [1.54, 1.807) is 46.0 Å². The maximum atomic E-state index is 14.2. The number of aromatic carboxylic acids is 1. The number of esters is 2. The van der Waals surface area contributed by atoms with Crippen molar-refractivity contribution in [1.29, 1.82) is 10.5 Å². The van der Waals surface area contributed by atoms with Crippen LogP contribution in [0.5, 0.6) is 0 Å². The average molecular weight is 1960 g/mol. The largest absolute Gasteiger partial charge is 0.481 e. The highest BCUT2D eigenvalue weighted by Crippen LogP contribution is 2.52.